The molecule has 1 atom stereocenters. The minimum Gasteiger partial charge on any atom is -0.497 e. The van der Waals surface area contributed by atoms with Crippen LogP contribution in [0.5, 0.6) is 11.5 Å². The fraction of sp³-hybridized carbons (Fsp3) is 0.250. The van der Waals surface area contributed by atoms with Gasteiger partial charge in [0.1, 0.15) is 11.5 Å². The van der Waals surface area contributed by atoms with E-state index in [1.807, 2.05) is 13.0 Å². The number of rotatable bonds is 5. The van der Waals surface area contributed by atoms with Crippen LogP contribution >= 0.6 is 0 Å². The molecule has 0 bridgehead atoms. The molecule has 1 N–H and O–H groups in total. The summed E-state index contributed by atoms with van der Waals surface area (Å²) in [7, 11) is 3.13. The SMILES string of the molecule is COc1ccc(NC(C)c2ccc(F)c(F)c2)c(OC)c1. The van der Waals surface area contributed by atoms with Crippen LogP contribution < -0.4 is 14.8 Å². The predicted molar refractivity (Wildman–Crippen MR) is 77.9 cm³/mol. The van der Waals surface area contributed by atoms with Gasteiger partial charge in [0.15, 0.2) is 11.6 Å². The molecule has 112 valence electrons. The molecular formula is C16H17F2NO2. The Labute approximate surface area is 122 Å². The minimum absolute atomic E-state index is 0.206. The predicted octanol–water partition coefficient (Wildman–Crippen LogP) is 4.16. The molecule has 0 aromatic heterocycles. The molecule has 0 heterocycles. The highest BCUT2D eigenvalue weighted by atomic mass is 19.2. The summed E-state index contributed by atoms with van der Waals surface area (Å²) < 4.78 is 36.7. The molecule has 0 saturated carbocycles. The molecule has 0 amide bonds. The van der Waals surface area contributed by atoms with Crippen molar-refractivity contribution in [1.29, 1.82) is 0 Å². The summed E-state index contributed by atoms with van der Waals surface area (Å²) in [6.45, 7) is 1.86. The summed E-state index contributed by atoms with van der Waals surface area (Å²) in [6, 6.07) is 9.00. The fourth-order valence-electron chi connectivity index (χ4n) is 2.02. The molecule has 0 aliphatic carbocycles. The second-order valence-electron chi connectivity index (χ2n) is 4.61. The van der Waals surface area contributed by atoms with Gasteiger partial charge in [0.25, 0.3) is 0 Å². The van der Waals surface area contributed by atoms with E-state index in [9.17, 15) is 8.78 Å². The van der Waals surface area contributed by atoms with Crippen molar-refractivity contribution >= 4 is 5.69 Å². The van der Waals surface area contributed by atoms with Crippen molar-refractivity contribution in [1.82, 2.24) is 0 Å². The van der Waals surface area contributed by atoms with Crippen LogP contribution in [0.2, 0.25) is 0 Å². The highest BCUT2D eigenvalue weighted by Crippen LogP contribution is 2.32. The average Bonchev–Trinajstić information content (AvgIpc) is 2.50. The normalized spacial score (nSPS) is 11.9. The number of benzene rings is 2. The van der Waals surface area contributed by atoms with E-state index in [1.165, 1.54) is 6.07 Å². The number of halogens is 2. The third-order valence-corrected chi connectivity index (χ3v) is 3.22. The number of nitrogens with one attached hydrogen (secondary N) is 1. The maximum absolute atomic E-state index is 13.3. The van der Waals surface area contributed by atoms with E-state index in [2.05, 4.69) is 5.32 Å². The van der Waals surface area contributed by atoms with Crippen LogP contribution in [0.3, 0.4) is 0 Å². The van der Waals surface area contributed by atoms with Crippen molar-refractivity contribution in [2.45, 2.75) is 13.0 Å². The molecule has 2 aromatic carbocycles. The summed E-state index contributed by atoms with van der Waals surface area (Å²) >= 11 is 0. The van der Waals surface area contributed by atoms with Gasteiger partial charge in [0, 0.05) is 12.1 Å². The van der Waals surface area contributed by atoms with Gasteiger partial charge < -0.3 is 14.8 Å². The summed E-state index contributed by atoms with van der Waals surface area (Å²) in [5, 5.41) is 3.21. The number of anilines is 1. The van der Waals surface area contributed by atoms with E-state index >= 15 is 0 Å². The maximum atomic E-state index is 13.3. The molecule has 5 heteroatoms. The molecule has 1 unspecified atom stereocenters. The lowest BCUT2D eigenvalue weighted by Gasteiger charge is -2.18. The van der Waals surface area contributed by atoms with E-state index in [1.54, 1.807) is 32.4 Å². The zero-order chi connectivity index (χ0) is 15.4. The first-order valence-corrected chi connectivity index (χ1v) is 6.48. The minimum atomic E-state index is -0.858. The highest BCUT2D eigenvalue weighted by Gasteiger charge is 2.12. The van der Waals surface area contributed by atoms with Gasteiger partial charge in [-0.25, -0.2) is 8.78 Å². The standard InChI is InChI=1S/C16H17F2NO2/c1-10(11-4-6-13(17)14(18)8-11)19-15-7-5-12(20-2)9-16(15)21-3/h4-10,19H,1-3H3. The molecule has 3 nitrogen and oxygen atoms in total. The first-order chi connectivity index (χ1) is 10.0. The van der Waals surface area contributed by atoms with Crippen molar-refractivity contribution in [2.24, 2.45) is 0 Å². The Hall–Kier alpha value is -2.30. The van der Waals surface area contributed by atoms with Gasteiger partial charge in [-0.2, -0.15) is 0 Å². The Morgan fingerprint density at radius 1 is 0.952 bits per heavy atom. The lowest BCUT2D eigenvalue weighted by molar-refractivity contribution is 0.395. The lowest BCUT2D eigenvalue weighted by Crippen LogP contribution is -2.08. The molecule has 0 spiro atoms. The van der Waals surface area contributed by atoms with Crippen molar-refractivity contribution in [3.05, 3.63) is 53.6 Å². The second-order valence-corrected chi connectivity index (χ2v) is 4.61. The Bertz CT molecular complexity index is 632. The Kier molecular flexibility index (Phi) is 4.62. The van der Waals surface area contributed by atoms with Gasteiger partial charge in [-0.05, 0) is 36.8 Å². The van der Waals surface area contributed by atoms with Crippen molar-refractivity contribution < 1.29 is 18.3 Å². The van der Waals surface area contributed by atoms with E-state index in [0.717, 1.165) is 11.8 Å². The van der Waals surface area contributed by atoms with Crippen molar-refractivity contribution in [3.63, 3.8) is 0 Å². The van der Waals surface area contributed by atoms with Crippen molar-refractivity contribution in [3.8, 4) is 11.5 Å². The van der Waals surface area contributed by atoms with Crippen LogP contribution in [0, 0.1) is 11.6 Å². The van der Waals surface area contributed by atoms with E-state index in [-0.39, 0.29) is 6.04 Å². The van der Waals surface area contributed by atoms with Gasteiger partial charge >= 0.3 is 0 Å². The van der Waals surface area contributed by atoms with Crippen molar-refractivity contribution in [2.75, 3.05) is 19.5 Å². The number of hydrogen-bond acceptors (Lipinski definition) is 3. The number of hydrogen-bond donors (Lipinski definition) is 1. The van der Waals surface area contributed by atoms with E-state index in [4.69, 9.17) is 9.47 Å². The number of methoxy groups -OCH3 is 2. The number of ether oxygens (including phenoxy) is 2. The second kappa shape index (κ2) is 6.43. The van der Waals surface area contributed by atoms with Crippen LogP contribution in [0.4, 0.5) is 14.5 Å². The summed E-state index contributed by atoms with van der Waals surface area (Å²) in [4.78, 5) is 0. The van der Waals surface area contributed by atoms with E-state index in [0.29, 0.717) is 17.1 Å². The van der Waals surface area contributed by atoms with Crippen LogP contribution in [0.1, 0.15) is 18.5 Å². The fourth-order valence-corrected chi connectivity index (χ4v) is 2.02. The Morgan fingerprint density at radius 2 is 1.71 bits per heavy atom. The zero-order valence-electron chi connectivity index (χ0n) is 12.1. The van der Waals surface area contributed by atoms with Gasteiger partial charge in [-0.3, -0.25) is 0 Å². The molecule has 0 aliphatic heterocycles. The molecule has 2 rings (SSSR count). The molecule has 21 heavy (non-hydrogen) atoms. The third kappa shape index (κ3) is 3.42. The van der Waals surface area contributed by atoms with Crippen LogP contribution in [-0.4, -0.2) is 14.2 Å². The Morgan fingerprint density at radius 3 is 2.33 bits per heavy atom. The summed E-state index contributed by atoms with van der Waals surface area (Å²) in [6.07, 6.45) is 0. The zero-order valence-corrected chi connectivity index (χ0v) is 12.1. The Balaban J connectivity index is 2.22. The van der Waals surface area contributed by atoms with Gasteiger partial charge in [0.2, 0.25) is 0 Å². The average molecular weight is 293 g/mol. The van der Waals surface area contributed by atoms with Crippen LogP contribution in [0.25, 0.3) is 0 Å². The largest absolute Gasteiger partial charge is 0.497 e. The molecule has 0 radical (unpaired) electrons. The smallest absolute Gasteiger partial charge is 0.159 e. The topological polar surface area (TPSA) is 30.5 Å². The molecule has 0 aliphatic rings. The molecular weight excluding hydrogens is 276 g/mol. The third-order valence-electron chi connectivity index (χ3n) is 3.22. The quantitative estimate of drug-likeness (QED) is 0.898. The van der Waals surface area contributed by atoms with Crippen LogP contribution in [-0.2, 0) is 0 Å². The van der Waals surface area contributed by atoms with Gasteiger partial charge in [0.05, 0.1) is 19.9 Å². The highest BCUT2D eigenvalue weighted by molar-refractivity contribution is 5.60. The molecule has 0 saturated heterocycles. The molecule has 2 aromatic rings. The van der Waals surface area contributed by atoms with E-state index < -0.39 is 11.6 Å². The van der Waals surface area contributed by atoms with Gasteiger partial charge in [-0.15, -0.1) is 0 Å². The maximum Gasteiger partial charge on any atom is 0.159 e. The first-order valence-electron chi connectivity index (χ1n) is 6.48. The lowest BCUT2D eigenvalue weighted by atomic mass is 10.1. The monoisotopic (exact) mass is 293 g/mol. The van der Waals surface area contributed by atoms with Crippen LogP contribution in [0.15, 0.2) is 36.4 Å². The molecule has 0 fully saturated rings. The first kappa shape index (κ1) is 15.1. The summed E-state index contributed by atoms with van der Waals surface area (Å²) in [5.74, 6) is -0.419. The van der Waals surface area contributed by atoms with Gasteiger partial charge in [-0.1, -0.05) is 6.07 Å². The summed E-state index contributed by atoms with van der Waals surface area (Å²) in [5.41, 5.74) is 1.39.